The molecule has 2 amide bonds. The van der Waals surface area contributed by atoms with Gasteiger partial charge in [0.15, 0.2) is 0 Å². The van der Waals surface area contributed by atoms with Crippen LogP contribution in [0.3, 0.4) is 0 Å². The van der Waals surface area contributed by atoms with Crippen molar-refractivity contribution in [3.63, 3.8) is 0 Å². The summed E-state index contributed by atoms with van der Waals surface area (Å²) in [6, 6.07) is 10.5. The summed E-state index contributed by atoms with van der Waals surface area (Å²) in [6.45, 7) is 1.60. The van der Waals surface area contributed by atoms with Gasteiger partial charge in [-0.2, -0.15) is 5.10 Å². The number of hydrogen-bond acceptors (Lipinski definition) is 3. The van der Waals surface area contributed by atoms with Crippen molar-refractivity contribution >= 4 is 17.5 Å². The van der Waals surface area contributed by atoms with Crippen molar-refractivity contribution in [1.29, 1.82) is 0 Å². The van der Waals surface area contributed by atoms with E-state index in [1.165, 1.54) is 12.0 Å². The van der Waals surface area contributed by atoms with Gasteiger partial charge in [0.1, 0.15) is 5.71 Å². The third kappa shape index (κ3) is 4.18. The molecule has 0 radical (unpaired) electrons. The van der Waals surface area contributed by atoms with E-state index in [1.54, 1.807) is 0 Å². The Morgan fingerprint density at radius 3 is 2.83 bits per heavy atom. The molecule has 0 saturated carbocycles. The molecule has 1 atom stereocenters. The van der Waals surface area contributed by atoms with Crippen LogP contribution in [-0.4, -0.2) is 35.5 Å². The van der Waals surface area contributed by atoms with Gasteiger partial charge in [-0.15, -0.1) is 0 Å². The second-order valence-electron chi connectivity index (χ2n) is 6.38. The summed E-state index contributed by atoms with van der Waals surface area (Å²) >= 11 is 0. The molecule has 0 spiro atoms. The van der Waals surface area contributed by atoms with Gasteiger partial charge in [-0.1, -0.05) is 30.3 Å². The van der Waals surface area contributed by atoms with Crippen LogP contribution in [0.1, 0.15) is 37.7 Å². The minimum atomic E-state index is -0.110. The van der Waals surface area contributed by atoms with Crippen LogP contribution >= 0.6 is 0 Å². The molecule has 1 saturated heterocycles. The molecule has 0 bridgehead atoms. The van der Waals surface area contributed by atoms with Gasteiger partial charge < -0.3 is 4.90 Å². The zero-order valence-electron chi connectivity index (χ0n) is 13.3. The minimum absolute atomic E-state index is 0.00517. The molecule has 122 valence electrons. The van der Waals surface area contributed by atoms with E-state index in [9.17, 15) is 9.59 Å². The summed E-state index contributed by atoms with van der Waals surface area (Å²) in [7, 11) is 0. The Balaban J connectivity index is 1.53. The van der Waals surface area contributed by atoms with E-state index < -0.39 is 0 Å². The zero-order chi connectivity index (χ0) is 16.1. The zero-order valence-corrected chi connectivity index (χ0v) is 13.3. The number of rotatable bonds is 4. The molecule has 0 aromatic heterocycles. The van der Waals surface area contributed by atoms with Crippen molar-refractivity contribution in [2.75, 3.05) is 13.1 Å². The number of benzene rings is 1. The first-order valence-electron chi connectivity index (χ1n) is 8.41. The number of likely N-dealkylation sites (tertiary alicyclic amines) is 1. The Bertz CT molecular complexity index is 598. The van der Waals surface area contributed by atoms with Gasteiger partial charge in [0.2, 0.25) is 5.91 Å². The highest BCUT2D eigenvalue weighted by Crippen LogP contribution is 2.22. The van der Waals surface area contributed by atoms with E-state index in [-0.39, 0.29) is 11.8 Å². The number of amides is 2. The maximum absolute atomic E-state index is 12.5. The highest BCUT2D eigenvalue weighted by Gasteiger charge is 2.28. The van der Waals surface area contributed by atoms with E-state index in [4.69, 9.17) is 0 Å². The Hall–Kier alpha value is -2.17. The van der Waals surface area contributed by atoms with Gasteiger partial charge in [-0.05, 0) is 37.2 Å². The predicted molar refractivity (Wildman–Crippen MR) is 88.9 cm³/mol. The standard InChI is InChI=1S/C18H23N3O2/c22-17-11-10-16(19-20-17)18(23)21-12-4-7-15(13-21)9-8-14-5-2-1-3-6-14/h1-3,5-6,15H,4,7-13H2,(H,20,22). The number of carbonyl (C=O) groups excluding carboxylic acids is 2. The highest BCUT2D eigenvalue weighted by molar-refractivity contribution is 6.39. The summed E-state index contributed by atoms with van der Waals surface area (Å²) in [5.41, 5.74) is 4.26. The molecular formula is C18H23N3O2. The molecule has 2 aliphatic heterocycles. The van der Waals surface area contributed by atoms with E-state index in [1.807, 2.05) is 11.0 Å². The van der Waals surface area contributed by atoms with Crippen molar-refractivity contribution in [3.05, 3.63) is 35.9 Å². The quantitative estimate of drug-likeness (QED) is 0.925. The van der Waals surface area contributed by atoms with Gasteiger partial charge in [-0.25, -0.2) is 5.43 Å². The third-order valence-electron chi connectivity index (χ3n) is 4.64. The summed E-state index contributed by atoms with van der Waals surface area (Å²) < 4.78 is 0. The molecule has 1 unspecified atom stereocenters. The smallest absolute Gasteiger partial charge is 0.270 e. The molecule has 5 nitrogen and oxygen atoms in total. The van der Waals surface area contributed by atoms with Crippen LogP contribution in [-0.2, 0) is 16.0 Å². The molecule has 1 aromatic rings. The lowest BCUT2D eigenvalue weighted by atomic mass is 9.91. The van der Waals surface area contributed by atoms with Crippen molar-refractivity contribution in [3.8, 4) is 0 Å². The van der Waals surface area contributed by atoms with Crippen molar-refractivity contribution in [2.24, 2.45) is 11.0 Å². The van der Waals surface area contributed by atoms with E-state index in [0.29, 0.717) is 24.5 Å². The summed E-state index contributed by atoms with van der Waals surface area (Å²) in [4.78, 5) is 25.6. The molecule has 2 aliphatic rings. The van der Waals surface area contributed by atoms with E-state index in [0.717, 1.165) is 32.4 Å². The number of nitrogens with one attached hydrogen (secondary N) is 1. The van der Waals surface area contributed by atoms with Crippen molar-refractivity contribution in [1.82, 2.24) is 10.3 Å². The Morgan fingerprint density at radius 1 is 1.26 bits per heavy atom. The second-order valence-corrected chi connectivity index (χ2v) is 6.38. The highest BCUT2D eigenvalue weighted by atomic mass is 16.2. The molecular weight excluding hydrogens is 290 g/mol. The van der Waals surface area contributed by atoms with Crippen LogP contribution in [0.2, 0.25) is 0 Å². The lowest BCUT2D eigenvalue weighted by molar-refractivity contribution is -0.126. The molecule has 5 heteroatoms. The first-order chi connectivity index (χ1) is 11.2. The molecule has 1 aromatic carbocycles. The fourth-order valence-electron chi connectivity index (χ4n) is 3.31. The lowest BCUT2D eigenvalue weighted by Gasteiger charge is -2.33. The first-order valence-corrected chi connectivity index (χ1v) is 8.41. The first kappa shape index (κ1) is 15.7. The van der Waals surface area contributed by atoms with Crippen molar-refractivity contribution < 1.29 is 9.59 Å². The minimum Gasteiger partial charge on any atom is -0.337 e. The second kappa shape index (κ2) is 7.40. The van der Waals surface area contributed by atoms with Crippen molar-refractivity contribution in [2.45, 2.75) is 38.5 Å². The van der Waals surface area contributed by atoms with Gasteiger partial charge >= 0.3 is 0 Å². The largest absolute Gasteiger partial charge is 0.337 e. The van der Waals surface area contributed by atoms with Gasteiger partial charge in [0.05, 0.1) is 0 Å². The average molecular weight is 313 g/mol. The van der Waals surface area contributed by atoms with Crippen LogP contribution in [0.4, 0.5) is 0 Å². The third-order valence-corrected chi connectivity index (χ3v) is 4.64. The molecule has 1 fully saturated rings. The number of carbonyl (C=O) groups is 2. The lowest BCUT2D eigenvalue weighted by Crippen LogP contribution is -2.45. The summed E-state index contributed by atoms with van der Waals surface area (Å²) in [5.74, 6) is 0.432. The topological polar surface area (TPSA) is 61.8 Å². The Labute approximate surface area is 136 Å². The van der Waals surface area contributed by atoms with Crippen LogP contribution < -0.4 is 5.43 Å². The molecule has 0 aliphatic carbocycles. The van der Waals surface area contributed by atoms with Crippen LogP contribution in [0.5, 0.6) is 0 Å². The normalized spacial score (nSPS) is 21.6. The predicted octanol–water partition coefficient (Wildman–Crippen LogP) is 2.12. The summed E-state index contributed by atoms with van der Waals surface area (Å²) in [6.07, 6.45) is 5.21. The fraction of sp³-hybridized carbons (Fsp3) is 0.500. The molecule has 1 N–H and O–H groups in total. The van der Waals surface area contributed by atoms with Crippen LogP contribution in [0.25, 0.3) is 0 Å². The number of hydrazone groups is 1. The maximum Gasteiger partial charge on any atom is 0.270 e. The molecule has 3 rings (SSSR count). The monoisotopic (exact) mass is 313 g/mol. The number of hydrogen-bond donors (Lipinski definition) is 1. The van der Waals surface area contributed by atoms with Gasteiger partial charge in [0, 0.05) is 25.9 Å². The summed E-state index contributed by atoms with van der Waals surface area (Å²) in [5, 5.41) is 3.93. The van der Waals surface area contributed by atoms with Gasteiger partial charge in [-0.3, -0.25) is 9.59 Å². The molecule has 23 heavy (non-hydrogen) atoms. The van der Waals surface area contributed by atoms with Gasteiger partial charge in [0.25, 0.3) is 5.91 Å². The fourth-order valence-corrected chi connectivity index (χ4v) is 3.31. The average Bonchev–Trinajstić information content (AvgIpc) is 2.61. The van der Waals surface area contributed by atoms with E-state index >= 15 is 0 Å². The number of nitrogens with zero attached hydrogens (tertiary/aromatic N) is 2. The van der Waals surface area contributed by atoms with Crippen LogP contribution in [0, 0.1) is 5.92 Å². The van der Waals surface area contributed by atoms with E-state index in [2.05, 4.69) is 34.8 Å². The Morgan fingerprint density at radius 2 is 2.09 bits per heavy atom. The maximum atomic E-state index is 12.5. The Kier molecular flexibility index (Phi) is 5.05. The SMILES string of the molecule is O=C1CCC(C(=O)N2CCCC(CCc3ccccc3)C2)=NN1. The van der Waals surface area contributed by atoms with Crippen LogP contribution in [0.15, 0.2) is 35.4 Å². The number of aryl methyl sites for hydroxylation is 1. The number of piperidine rings is 1. The molecule has 2 heterocycles.